The summed E-state index contributed by atoms with van der Waals surface area (Å²) in [6.45, 7) is 2.37. The maximum absolute atomic E-state index is 13.9. The Morgan fingerprint density at radius 1 is 1.29 bits per heavy atom. The van der Waals surface area contributed by atoms with Gasteiger partial charge in [-0.25, -0.2) is 9.37 Å². The van der Waals surface area contributed by atoms with Gasteiger partial charge in [0.15, 0.2) is 11.6 Å². The summed E-state index contributed by atoms with van der Waals surface area (Å²) in [6.07, 6.45) is 6.08. The number of nitrogens with zero attached hydrogens (tertiary/aromatic N) is 4. The number of aliphatic hydroxyl groups is 1. The summed E-state index contributed by atoms with van der Waals surface area (Å²) in [5.74, 6) is -0.358. The number of nitrogen functional groups attached to an aromatic ring is 1. The molecule has 1 unspecified atom stereocenters. The molecule has 1 atom stereocenters. The van der Waals surface area contributed by atoms with Crippen molar-refractivity contribution in [3.05, 3.63) is 58.2 Å². The number of ether oxygens (including phenoxy) is 1. The molecule has 0 aliphatic carbocycles. The third kappa shape index (κ3) is 4.96. The topological polar surface area (TPSA) is 106 Å². The highest BCUT2D eigenvalue weighted by Gasteiger charge is 2.24. The summed E-state index contributed by atoms with van der Waals surface area (Å²) in [6, 6.07) is 4.51. The zero-order chi connectivity index (χ0) is 24.4. The predicted molar refractivity (Wildman–Crippen MR) is 127 cm³/mol. The largest absolute Gasteiger partial charge is 0.482 e. The summed E-state index contributed by atoms with van der Waals surface area (Å²) >= 11 is 12.3. The monoisotopic (exact) mass is 507 g/mol. The highest BCUT2D eigenvalue weighted by Crippen LogP contribution is 2.37. The minimum atomic E-state index is -0.676. The van der Waals surface area contributed by atoms with Gasteiger partial charge in [0.05, 0.1) is 17.3 Å². The number of aliphatic hydroxyl groups excluding tert-OH is 1. The molecule has 1 amide bonds. The van der Waals surface area contributed by atoms with Crippen LogP contribution in [0.25, 0.3) is 11.1 Å². The number of amides is 1. The van der Waals surface area contributed by atoms with Crippen LogP contribution in [-0.2, 0) is 4.79 Å². The predicted octanol–water partition coefficient (Wildman–Crippen LogP) is 4.27. The van der Waals surface area contributed by atoms with E-state index in [1.807, 2.05) is 10.9 Å². The van der Waals surface area contributed by atoms with Gasteiger partial charge < -0.3 is 20.5 Å². The molecular formula is C23H24Cl2FN5O3. The first-order chi connectivity index (χ1) is 16.3. The Morgan fingerprint density at radius 3 is 2.74 bits per heavy atom. The first kappa shape index (κ1) is 24.3. The highest BCUT2D eigenvalue weighted by atomic mass is 35.5. The van der Waals surface area contributed by atoms with Crippen molar-refractivity contribution in [2.75, 3.05) is 25.4 Å². The third-order valence-corrected chi connectivity index (χ3v) is 6.65. The number of hydrogen-bond donors (Lipinski definition) is 2. The molecule has 1 aromatic carbocycles. The minimum absolute atomic E-state index is 0.101. The molecule has 0 radical (unpaired) electrons. The SMILES string of the molecule is CC(Oc1cc(-c2cnn(C3CCN(C(=O)CO)CC3)c2)cnc1N)c1c(Cl)ccc(F)c1Cl. The van der Waals surface area contributed by atoms with Crippen molar-refractivity contribution in [2.45, 2.75) is 31.9 Å². The zero-order valence-corrected chi connectivity index (χ0v) is 19.9. The Bertz CT molecular complexity index is 1200. The molecule has 34 heavy (non-hydrogen) atoms. The van der Waals surface area contributed by atoms with Crippen LogP contribution in [0.1, 0.15) is 37.5 Å². The molecule has 1 fully saturated rings. The molecule has 11 heteroatoms. The Labute approximate surface area is 206 Å². The number of hydrogen-bond acceptors (Lipinski definition) is 6. The molecule has 8 nitrogen and oxygen atoms in total. The van der Waals surface area contributed by atoms with Gasteiger partial charge in [-0.05, 0) is 38.0 Å². The number of piperidine rings is 1. The van der Waals surface area contributed by atoms with E-state index >= 15 is 0 Å². The molecule has 1 saturated heterocycles. The lowest BCUT2D eigenvalue weighted by atomic mass is 10.1. The van der Waals surface area contributed by atoms with Crippen molar-refractivity contribution in [3.63, 3.8) is 0 Å². The normalized spacial score (nSPS) is 15.4. The second kappa shape index (κ2) is 10.2. The molecule has 0 saturated carbocycles. The Hall–Kier alpha value is -2.88. The molecule has 4 rings (SSSR count). The maximum atomic E-state index is 13.9. The van der Waals surface area contributed by atoms with Gasteiger partial charge in [-0.2, -0.15) is 5.10 Å². The molecule has 180 valence electrons. The van der Waals surface area contributed by atoms with Gasteiger partial charge in [0, 0.05) is 47.2 Å². The second-order valence-electron chi connectivity index (χ2n) is 8.10. The molecule has 2 aromatic heterocycles. The molecule has 1 aliphatic rings. The van der Waals surface area contributed by atoms with Gasteiger partial charge in [-0.1, -0.05) is 23.2 Å². The Morgan fingerprint density at radius 2 is 2.03 bits per heavy atom. The van der Waals surface area contributed by atoms with E-state index in [9.17, 15) is 9.18 Å². The van der Waals surface area contributed by atoms with Crippen LogP contribution in [0.2, 0.25) is 10.0 Å². The zero-order valence-electron chi connectivity index (χ0n) is 18.4. The quantitative estimate of drug-likeness (QED) is 0.482. The number of anilines is 1. The van der Waals surface area contributed by atoms with E-state index in [-0.39, 0.29) is 27.8 Å². The minimum Gasteiger partial charge on any atom is -0.482 e. The number of aromatic nitrogens is 3. The van der Waals surface area contributed by atoms with Gasteiger partial charge >= 0.3 is 0 Å². The van der Waals surface area contributed by atoms with E-state index in [1.54, 1.807) is 30.3 Å². The van der Waals surface area contributed by atoms with Crippen LogP contribution in [0.3, 0.4) is 0 Å². The van der Waals surface area contributed by atoms with Crippen molar-refractivity contribution in [1.82, 2.24) is 19.7 Å². The number of pyridine rings is 1. The molecule has 1 aliphatic heterocycles. The average Bonchev–Trinajstić information content (AvgIpc) is 3.33. The number of halogens is 3. The lowest BCUT2D eigenvalue weighted by Gasteiger charge is -2.31. The van der Waals surface area contributed by atoms with Crippen LogP contribution < -0.4 is 10.5 Å². The smallest absolute Gasteiger partial charge is 0.248 e. The van der Waals surface area contributed by atoms with Crippen LogP contribution in [0, 0.1) is 5.82 Å². The first-order valence-corrected chi connectivity index (χ1v) is 11.5. The van der Waals surface area contributed by atoms with E-state index in [1.165, 1.54) is 12.1 Å². The van der Waals surface area contributed by atoms with E-state index in [0.29, 0.717) is 24.4 Å². The average molecular weight is 508 g/mol. The van der Waals surface area contributed by atoms with Crippen molar-refractivity contribution < 1.29 is 19.0 Å². The maximum Gasteiger partial charge on any atom is 0.248 e. The second-order valence-corrected chi connectivity index (χ2v) is 8.89. The molecule has 0 bridgehead atoms. The van der Waals surface area contributed by atoms with Crippen LogP contribution in [0.15, 0.2) is 36.8 Å². The number of carbonyl (C=O) groups is 1. The summed E-state index contributed by atoms with van der Waals surface area (Å²) in [4.78, 5) is 17.6. The fourth-order valence-electron chi connectivity index (χ4n) is 4.04. The van der Waals surface area contributed by atoms with Crippen molar-refractivity contribution >= 4 is 34.9 Å². The van der Waals surface area contributed by atoms with Crippen LogP contribution in [-0.4, -0.2) is 50.4 Å². The number of nitrogens with two attached hydrogens (primary N) is 1. The van der Waals surface area contributed by atoms with Crippen molar-refractivity contribution in [2.24, 2.45) is 0 Å². The van der Waals surface area contributed by atoms with Gasteiger partial charge in [-0.15, -0.1) is 0 Å². The van der Waals surface area contributed by atoms with E-state index in [0.717, 1.165) is 24.0 Å². The number of carbonyl (C=O) groups excluding carboxylic acids is 1. The Balaban J connectivity index is 1.51. The van der Waals surface area contributed by atoms with Crippen molar-refractivity contribution in [1.29, 1.82) is 0 Å². The molecule has 3 N–H and O–H groups in total. The van der Waals surface area contributed by atoms with Crippen LogP contribution >= 0.6 is 23.2 Å². The number of likely N-dealkylation sites (tertiary alicyclic amines) is 1. The lowest BCUT2D eigenvalue weighted by molar-refractivity contribution is -0.135. The fraction of sp³-hybridized carbons (Fsp3) is 0.348. The Kier molecular flexibility index (Phi) is 7.25. The molecule has 3 aromatic rings. The van der Waals surface area contributed by atoms with Gasteiger partial charge in [0.1, 0.15) is 18.5 Å². The third-order valence-electron chi connectivity index (χ3n) is 5.93. The van der Waals surface area contributed by atoms with Gasteiger partial charge in [0.25, 0.3) is 0 Å². The van der Waals surface area contributed by atoms with E-state index in [2.05, 4.69) is 10.1 Å². The summed E-state index contributed by atoms with van der Waals surface area (Å²) in [5.41, 5.74) is 7.91. The standard InChI is InChI=1S/C23H24Cl2FN5O3/c1-13(21-17(24)2-3-18(26)22(21)25)34-19-8-14(9-28-23(19)27)15-10-29-31(11-15)16-4-6-30(7-5-16)20(33)12-32/h2-3,8-11,13,16,32H,4-7,12H2,1H3,(H2,27,28). The molecule has 0 spiro atoms. The molecule has 3 heterocycles. The van der Waals surface area contributed by atoms with Crippen LogP contribution in [0.5, 0.6) is 5.75 Å². The summed E-state index contributed by atoms with van der Waals surface area (Å²) < 4.78 is 21.8. The molecular weight excluding hydrogens is 484 g/mol. The summed E-state index contributed by atoms with van der Waals surface area (Å²) in [5, 5.41) is 13.7. The van der Waals surface area contributed by atoms with Gasteiger partial charge in [0.2, 0.25) is 5.91 Å². The van der Waals surface area contributed by atoms with Crippen LogP contribution in [0.4, 0.5) is 10.2 Å². The fourth-order valence-corrected chi connectivity index (χ4v) is 4.72. The van der Waals surface area contributed by atoms with Crippen molar-refractivity contribution in [3.8, 4) is 16.9 Å². The summed E-state index contributed by atoms with van der Waals surface area (Å²) in [7, 11) is 0. The van der Waals surface area contributed by atoms with E-state index in [4.69, 9.17) is 38.8 Å². The van der Waals surface area contributed by atoms with E-state index < -0.39 is 18.5 Å². The highest BCUT2D eigenvalue weighted by molar-refractivity contribution is 6.36. The number of benzene rings is 1. The first-order valence-electron chi connectivity index (χ1n) is 10.8. The lowest BCUT2D eigenvalue weighted by Crippen LogP contribution is -2.40. The number of rotatable bonds is 6. The van der Waals surface area contributed by atoms with Gasteiger partial charge in [-0.3, -0.25) is 9.48 Å².